The van der Waals surface area contributed by atoms with Crippen LogP contribution in [0.5, 0.6) is 11.5 Å². The van der Waals surface area contributed by atoms with Crippen molar-refractivity contribution in [3.05, 3.63) is 125 Å². The van der Waals surface area contributed by atoms with Gasteiger partial charge in [0.05, 0.1) is 31.5 Å². The number of rotatable bonds is 7. The van der Waals surface area contributed by atoms with Gasteiger partial charge in [-0.25, -0.2) is 4.79 Å². The predicted octanol–water partition coefficient (Wildman–Crippen LogP) is 5.61. The molecule has 0 saturated heterocycles. The summed E-state index contributed by atoms with van der Waals surface area (Å²) in [4.78, 5) is 23.3. The number of aromatic nitrogens is 2. The van der Waals surface area contributed by atoms with E-state index in [1.54, 1.807) is 68.8 Å². The monoisotopic (exact) mass is 566 g/mol. The number of benzene rings is 4. The van der Waals surface area contributed by atoms with Crippen LogP contribution in [0.1, 0.15) is 27.0 Å². The molecule has 41 heavy (non-hydrogen) atoms. The van der Waals surface area contributed by atoms with Crippen molar-refractivity contribution in [3.63, 3.8) is 0 Å². The topological polar surface area (TPSA) is 108 Å². The second-order valence-electron chi connectivity index (χ2n) is 9.14. The number of methoxy groups -OCH3 is 2. The zero-order chi connectivity index (χ0) is 28.8. The Labute approximate surface area is 240 Å². The highest BCUT2D eigenvalue weighted by molar-refractivity contribution is 7.00. The second kappa shape index (κ2) is 12.1. The standard InChI is InChI=1S/C24H18N2O4S.C8H8O2/c1-29-18-9-5-6-15(12-18)13-19-22(16-10-11-20-21(14-16)26-31-25-20)23(27)30-24(19,28)17-7-3-2-4-8-17;1-10-8-4-2-3-7(5-8)6-9/h2-12,14,28H,13H2,1H3;2-6H,1H3. The SMILES string of the molecule is COc1cccc(C=O)c1.COc1cccc(CC2=C(c3ccc4nsnc4c3)C(=O)OC2(O)c2ccccc2)c1. The van der Waals surface area contributed by atoms with Crippen molar-refractivity contribution in [1.82, 2.24) is 8.75 Å². The maximum absolute atomic E-state index is 13.1. The smallest absolute Gasteiger partial charge is 0.342 e. The van der Waals surface area contributed by atoms with Gasteiger partial charge in [-0.2, -0.15) is 8.75 Å². The Kier molecular flexibility index (Phi) is 8.19. The number of fused-ring (bicyclic) bond motifs is 1. The third kappa shape index (κ3) is 5.86. The van der Waals surface area contributed by atoms with Crippen molar-refractivity contribution < 1.29 is 28.9 Å². The largest absolute Gasteiger partial charge is 0.497 e. The number of aliphatic hydroxyl groups is 1. The van der Waals surface area contributed by atoms with E-state index in [2.05, 4.69) is 8.75 Å². The first-order valence-electron chi connectivity index (χ1n) is 12.6. The summed E-state index contributed by atoms with van der Waals surface area (Å²) in [6.45, 7) is 0. The lowest BCUT2D eigenvalue weighted by Crippen LogP contribution is -2.29. The van der Waals surface area contributed by atoms with E-state index in [4.69, 9.17) is 14.2 Å². The van der Waals surface area contributed by atoms with Gasteiger partial charge in [0.2, 0.25) is 0 Å². The van der Waals surface area contributed by atoms with Crippen LogP contribution in [-0.4, -0.2) is 40.3 Å². The molecule has 1 aromatic heterocycles. The minimum atomic E-state index is -1.87. The van der Waals surface area contributed by atoms with E-state index in [1.807, 2.05) is 42.5 Å². The number of hydrogen-bond acceptors (Lipinski definition) is 9. The molecule has 0 aliphatic carbocycles. The lowest BCUT2D eigenvalue weighted by molar-refractivity contribution is -0.185. The quantitative estimate of drug-likeness (QED) is 0.200. The lowest BCUT2D eigenvalue weighted by atomic mass is 9.88. The van der Waals surface area contributed by atoms with Crippen LogP contribution in [-0.2, 0) is 21.7 Å². The molecule has 0 bridgehead atoms. The fraction of sp³-hybridized carbons (Fsp3) is 0.125. The van der Waals surface area contributed by atoms with Gasteiger partial charge in [0, 0.05) is 23.1 Å². The molecular formula is C32H26N2O6S. The Morgan fingerprint density at radius 1 is 0.854 bits per heavy atom. The normalized spacial score (nSPS) is 16.1. The van der Waals surface area contributed by atoms with Crippen LogP contribution in [0.2, 0.25) is 0 Å². The molecule has 4 aromatic carbocycles. The Bertz CT molecular complexity index is 1730. The van der Waals surface area contributed by atoms with Crippen LogP contribution >= 0.6 is 11.7 Å². The number of cyclic esters (lactones) is 1. The Balaban J connectivity index is 0.000000287. The summed E-state index contributed by atoms with van der Waals surface area (Å²) in [7, 11) is 3.17. The van der Waals surface area contributed by atoms with Gasteiger partial charge in [0.1, 0.15) is 28.8 Å². The van der Waals surface area contributed by atoms with Crippen molar-refractivity contribution >= 4 is 40.6 Å². The molecule has 0 spiro atoms. The van der Waals surface area contributed by atoms with E-state index in [0.717, 1.165) is 29.1 Å². The highest BCUT2D eigenvalue weighted by Crippen LogP contribution is 2.45. The third-order valence-corrected chi connectivity index (χ3v) is 7.16. The van der Waals surface area contributed by atoms with E-state index in [9.17, 15) is 14.7 Å². The third-order valence-electron chi connectivity index (χ3n) is 6.61. The van der Waals surface area contributed by atoms with Crippen LogP contribution < -0.4 is 9.47 Å². The molecule has 1 atom stereocenters. The zero-order valence-corrected chi connectivity index (χ0v) is 23.1. The van der Waals surface area contributed by atoms with Crippen molar-refractivity contribution in [2.75, 3.05) is 14.2 Å². The second-order valence-corrected chi connectivity index (χ2v) is 9.67. The molecule has 1 unspecified atom stereocenters. The van der Waals surface area contributed by atoms with Crippen LogP contribution in [0, 0.1) is 0 Å². The maximum atomic E-state index is 13.1. The number of carbonyl (C=O) groups is 2. The molecule has 0 radical (unpaired) electrons. The molecule has 0 amide bonds. The number of nitrogens with zero attached hydrogens (tertiary/aromatic N) is 2. The van der Waals surface area contributed by atoms with E-state index >= 15 is 0 Å². The average Bonchev–Trinajstić information content (AvgIpc) is 3.59. The summed E-state index contributed by atoms with van der Waals surface area (Å²) in [6, 6.07) is 28.9. The molecule has 206 valence electrons. The highest BCUT2D eigenvalue weighted by Gasteiger charge is 2.48. The Hall–Kier alpha value is -4.86. The average molecular weight is 567 g/mol. The van der Waals surface area contributed by atoms with Gasteiger partial charge < -0.3 is 19.3 Å². The maximum Gasteiger partial charge on any atom is 0.342 e. The van der Waals surface area contributed by atoms with Crippen LogP contribution in [0.15, 0.2) is 103 Å². The fourth-order valence-corrected chi connectivity index (χ4v) is 5.09. The van der Waals surface area contributed by atoms with E-state index in [1.165, 1.54) is 0 Å². The van der Waals surface area contributed by atoms with Crippen LogP contribution in [0.3, 0.4) is 0 Å². The Morgan fingerprint density at radius 3 is 2.29 bits per heavy atom. The van der Waals surface area contributed by atoms with Crippen LogP contribution in [0.4, 0.5) is 0 Å². The minimum absolute atomic E-state index is 0.303. The van der Waals surface area contributed by atoms with E-state index in [0.29, 0.717) is 51.3 Å². The summed E-state index contributed by atoms with van der Waals surface area (Å²) < 4.78 is 24.4. The summed E-state index contributed by atoms with van der Waals surface area (Å²) in [5, 5.41) is 11.6. The summed E-state index contributed by atoms with van der Waals surface area (Å²) in [5.74, 6) is -1.04. The molecule has 1 aliphatic rings. The first-order chi connectivity index (χ1) is 19.9. The lowest BCUT2D eigenvalue weighted by Gasteiger charge is -2.25. The van der Waals surface area contributed by atoms with Gasteiger partial charge in [-0.05, 0) is 47.5 Å². The summed E-state index contributed by atoms with van der Waals surface area (Å²) in [5.41, 5.74) is 4.91. The van der Waals surface area contributed by atoms with Crippen molar-refractivity contribution in [2.24, 2.45) is 0 Å². The molecule has 5 aromatic rings. The molecule has 8 nitrogen and oxygen atoms in total. The van der Waals surface area contributed by atoms with Crippen molar-refractivity contribution in [1.29, 1.82) is 0 Å². The number of hydrogen-bond donors (Lipinski definition) is 1. The van der Waals surface area contributed by atoms with Gasteiger partial charge in [-0.15, -0.1) is 0 Å². The van der Waals surface area contributed by atoms with E-state index < -0.39 is 11.8 Å². The van der Waals surface area contributed by atoms with Gasteiger partial charge >= 0.3 is 5.97 Å². The number of ether oxygens (including phenoxy) is 3. The molecule has 9 heteroatoms. The Morgan fingerprint density at radius 2 is 1.56 bits per heavy atom. The summed E-state index contributed by atoms with van der Waals surface area (Å²) in [6.07, 6.45) is 1.10. The van der Waals surface area contributed by atoms with Crippen molar-refractivity contribution in [2.45, 2.75) is 12.2 Å². The predicted molar refractivity (Wildman–Crippen MR) is 156 cm³/mol. The van der Waals surface area contributed by atoms with Crippen LogP contribution in [0.25, 0.3) is 16.6 Å². The van der Waals surface area contributed by atoms with Gasteiger partial charge in [0.15, 0.2) is 0 Å². The molecule has 0 fully saturated rings. The first-order valence-corrected chi connectivity index (χ1v) is 13.4. The van der Waals surface area contributed by atoms with Crippen molar-refractivity contribution in [3.8, 4) is 11.5 Å². The molecule has 6 rings (SSSR count). The first kappa shape index (κ1) is 27.7. The number of carbonyl (C=O) groups excluding carboxylic acids is 2. The molecule has 0 saturated carbocycles. The molecule has 1 N–H and O–H groups in total. The van der Waals surface area contributed by atoms with Gasteiger partial charge in [-0.1, -0.05) is 60.7 Å². The van der Waals surface area contributed by atoms with Gasteiger partial charge in [-0.3, -0.25) is 4.79 Å². The minimum Gasteiger partial charge on any atom is -0.497 e. The fourth-order valence-electron chi connectivity index (χ4n) is 4.58. The molecule has 1 aliphatic heterocycles. The number of aldehydes is 1. The van der Waals surface area contributed by atoms with Gasteiger partial charge in [0.25, 0.3) is 5.79 Å². The zero-order valence-electron chi connectivity index (χ0n) is 22.3. The highest BCUT2D eigenvalue weighted by atomic mass is 32.1. The summed E-state index contributed by atoms with van der Waals surface area (Å²) >= 11 is 1.11. The molecular weight excluding hydrogens is 540 g/mol. The number of esters is 1. The molecule has 2 heterocycles. The van der Waals surface area contributed by atoms with E-state index in [-0.39, 0.29) is 0 Å².